The summed E-state index contributed by atoms with van der Waals surface area (Å²) < 4.78 is 5.58. The van der Waals surface area contributed by atoms with Crippen LogP contribution in [0.3, 0.4) is 0 Å². The summed E-state index contributed by atoms with van der Waals surface area (Å²) in [5, 5.41) is 25.2. The minimum absolute atomic E-state index is 0.309. The van der Waals surface area contributed by atoms with Crippen molar-refractivity contribution >= 4 is 33.9 Å². The first-order valence-electron chi connectivity index (χ1n) is 15.7. The van der Waals surface area contributed by atoms with Gasteiger partial charge >= 0.3 is 6.09 Å². The van der Waals surface area contributed by atoms with Gasteiger partial charge in [-0.1, -0.05) is 13.5 Å². The lowest BCUT2D eigenvalue weighted by atomic mass is 9.71. The van der Waals surface area contributed by atoms with E-state index in [0.717, 1.165) is 61.0 Å². The summed E-state index contributed by atoms with van der Waals surface area (Å²) in [6.07, 6.45) is 2.17. The molecule has 13 heteroatoms. The molecule has 2 aromatic heterocycles. The number of piperazine rings is 2. The van der Waals surface area contributed by atoms with Crippen molar-refractivity contribution < 1.29 is 14.6 Å². The van der Waals surface area contributed by atoms with Crippen LogP contribution >= 0.6 is 11.3 Å². The second kappa shape index (κ2) is 13.0. The number of anilines is 3. The van der Waals surface area contributed by atoms with Crippen LogP contribution in [0.25, 0.3) is 0 Å². The van der Waals surface area contributed by atoms with E-state index >= 15 is 0 Å². The molecule has 1 aliphatic carbocycles. The predicted octanol–water partition coefficient (Wildman–Crippen LogP) is 3.08. The molecule has 2 fully saturated rings. The van der Waals surface area contributed by atoms with Crippen LogP contribution in [0.2, 0.25) is 0 Å². The highest BCUT2D eigenvalue weighted by Crippen LogP contribution is 2.47. The highest BCUT2D eigenvalue weighted by atomic mass is 32.1. The van der Waals surface area contributed by atoms with E-state index in [4.69, 9.17) is 21.2 Å². The fraction of sp³-hybridized carbons (Fsp3) is 0.594. The fourth-order valence-corrected chi connectivity index (χ4v) is 7.67. The smallest absolute Gasteiger partial charge is 0.410 e. The van der Waals surface area contributed by atoms with Gasteiger partial charge in [0.2, 0.25) is 0 Å². The van der Waals surface area contributed by atoms with Crippen molar-refractivity contribution in [2.45, 2.75) is 70.4 Å². The van der Waals surface area contributed by atoms with Crippen LogP contribution in [0.4, 0.5) is 21.3 Å². The molecule has 2 aromatic rings. The largest absolute Gasteiger partial charge is 0.444 e. The van der Waals surface area contributed by atoms with Crippen LogP contribution in [0.5, 0.6) is 0 Å². The number of nitriles is 1. The van der Waals surface area contributed by atoms with Gasteiger partial charge in [0.25, 0.3) is 0 Å². The number of hydrogen-bond acceptors (Lipinski definition) is 12. The van der Waals surface area contributed by atoms with Gasteiger partial charge in [0, 0.05) is 74.4 Å². The van der Waals surface area contributed by atoms with Crippen LogP contribution in [-0.4, -0.2) is 90.2 Å². The number of carbonyl (C=O) groups is 1. The van der Waals surface area contributed by atoms with Crippen LogP contribution < -0.4 is 26.6 Å². The predicted molar refractivity (Wildman–Crippen MR) is 178 cm³/mol. The van der Waals surface area contributed by atoms with Gasteiger partial charge in [-0.15, -0.1) is 11.3 Å². The van der Waals surface area contributed by atoms with Crippen molar-refractivity contribution in [1.29, 1.82) is 5.26 Å². The number of amides is 1. The molecule has 0 saturated carbocycles. The summed E-state index contributed by atoms with van der Waals surface area (Å²) in [6.45, 7) is 17.1. The van der Waals surface area contributed by atoms with Gasteiger partial charge in [0.15, 0.2) is 0 Å². The molecular formula is C32H47N9O3S. The van der Waals surface area contributed by atoms with E-state index in [2.05, 4.69) is 38.7 Å². The second-order valence-corrected chi connectivity index (χ2v) is 14.5. The van der Waals surface area contributed by atoms with Gasteiger partial charge in [-0.25, -0.2) is 9.78 Å². The summed E-state index contributed by atoms with van der Waals surface area (Å²) in [7, 11) is 0. The van der Waals surface area contributed by atoms with Gasteiger partial charge in [-0.3, -0.25) is 5.32 Å². The average molecular weight is 638 g/mol. The maximum atomic E-state index is 12.7. The summed E-state index contributed by atoms with van der Waals surface area (Å²) in [6, 6.07) is 6.34. The molecule has 5 rings (SSSR count). The summed E-state index contributed by atoms with van der Waals surface area (Å²) in [5.41, 5.74) is 14.6. The number of nitrogens with one attached hydrogen (secondary N) is 1. The maximum Gasteiger partial charge on any atom is 0.410 e. The number of aliphatic hydroxyl groups is 1. The molecule has 12 nitrogen and oxygen atoms in total. The molecule has 2 aliphatic heterocycles. The molecule has 3 atom stereocenters. The van der Waals surface area contributed by atoms with E-state index in [9.17, 15) is 15.2 Å². The van der Waals surface area contributed by atoms with Crippen molar-refractivity contribution in [3.8, 4) is 6.07 Å². The zero-order valence-corrected chi connectivity index (χ0v) is 27.7. The third-order valence-electron chi connectivity index (χ3n) is 9.06. The van der Waals surface area contributed by atoms with Gasteiger partial charge < -0.3 is 40.9 Å². The standard InChI is InChI=1S/C32H47N9O3S/c1-6-38-10-12-39(13-11-38)21-18-23(36-25(19-21)40-14-16-41(17-15-40)30(43)44-31(2,3)4)27(34)37-29(42)32(5)9-7-8-24-26(32)22(20-33)28(35)45-24/h6,18-19,27,29,37,42H,1,7-17,34-35H2,2-5H3. The first kappa shape index (κ1) is 32.8. The number of rotatable bonds is 7. The van der Waals surface area contributed by atoms with Crippen molar-refractivity contribution in [3.05, 3.63) is 46.6 Å². The topological polar surface area (TPSA) is 160 Å². The lowest BCUT2D eigenvalue weighted by molar-refractivity contribution is 0.0240. The Bertz CT molecular complexity index is 1430. The summed E-state index contributed by atoms with van der Waals surface area (Å²) >= 11 is 1.44. The van der Waals surface area contributed by atoms with Gasteiger partial charge in [-0.2, -0.15) is 5.26 Å². The van der Waals surface area contributed by atoms with E-state index < -0.39 is 23.4 Å². The van der Waals surface area contributed by atoms with Gasteiger partial charge in [0.05, 0.1) is 11.3 Å². The Morgan fingerprint density at radius 3 is 2.49 bits per heavy atom. The summed E-state index contributed by atoms with van der Waals surface area (Å²) in [4.78, 5) is 27.1. The minimum Gasteiger partial charge on any atom is -0.444 e. The van der Waals surface area contributed by atoms with Crippen molar-refractivity contribution in [3.63, 3.8) is 0 Å². The SMILES string of the molecule is C=CN1CCN(c2cc(C(N)NC(O)C3(C)CCCc4sc(N)c(C#N)c43)nc(N3CCN(C(=O)OC(C)(C)C)CC3)c2)CC1. The van der Waals surface area contributed by atoms with Crippen LogP contribution in [-0.2, 0) is 16.6 Å². The molecule has 244 valence electrons. The lowest BCUT2D eigenvalue weighted by Crippen LogP contribution is -2.52. The Balaban J connectivity index is 1.38. The first-order valence-corrected chi connectivity index (χ1v) is 16.5. The number of nitrogen functional groups attached to an aromatic ring is 1. The number of thiophene rings is 1. The highest BCUT2D eigenvalue weighted by Gasteiger charge is 2.43. The average Bonchev–Trinajstić information content (AvgIpc) is 3.36. The number of nitrogens with zero attached hydrogens (tertiary/aromatic N) is 6. The third-order valence-corrected chi connectivity index (χ3v) is 10.1. The molecular weight excluding hydrogens is 590 g/mol. The number of hydrogen-bond donors (Lipinski definition) is 4. The van der Waals surface area contributed by atoms with Crippen molar-refractivity contribution in [2.75, 3.05) is 67.9 Å². The van der Waals surface area contributed by atoms with E-state index in [1.807, 2.05) is 40.0 Å². The van der Waals surface area contributed by atoms with Crippen molar-refractivity contribution in [1.82, 2.24) is 20.1 Å². The van der Waals surface area contributed by atoms with Crippen molar-refractivity contribution in [2.24, 2.45) is 5.73 Å². The van der Waals surface area contributed by atoms with E-state index in [1.165, 1.54) is 11.3 Å². The first-order chi connectivity index (χ1) is 21.3. The Kier molecular flexibility index (Phi) is 9.51. The van der Waals surface area contributed by atoms with Crippen LogP contribution in [0.15, 0.2) is 24.9 Å². The molecule has 3 aliphatic rings. The Labute approximate surface area is 270 Å². The van der Waals surface area contributed by atoms with Crippen LogP contribution in [0.1, 0.15) is 68.4 Å². The van der Waals surface area contributed by atoms with Gasteiger partial charge in [-0.05, 0) is 57.9 Å². The van der Waals surface area contributed by atoms with E-state index in [0.29, 0.717) is 48.9 Å². The fourth-order valence-electron chi connectivity index (χ4n) is 6.48. The van der Waals surface area contributed by atoms with Crippen LogP contribution in [0, 0.1) is 11.3 Å². The quantitative estimate of drug-likeness (QED) is 0.331. The number of nitrogens with two attached hydrogens (primary N) is 2. The molecule has 1 amide bonds. The number of carbonyl (C=O) groups excluding carboxylic acids is 1. The molecule has 3 unspecified atom stereocenters. The molecule has 45 heavy (non-hydrogen) atoms. The second-order valence-electron chi connectivity index (χ2n) is 13.3. The monoisotopic (exact) mass is 637 g/mol. The molecule has 6 N–H and O–H groups in total. The van der Waals surface area contributed by atoms with E-state index in [-0.39, 0.29) is 6.09 Å². The maximum absolute atomic E-state index is 12.7. The Morgan fingerprint density at radius 1 is 1.20 bits per heavy atom. The number of aryl methyl sites for hydroxylation is 1. The Morgan fingerprint density at radius 2 is 1.87 bits per heavy atom. The molecule has 0 radical (unpaired) electrons. The molecule has 0 bridgehead atoms. The highest BCUT2D eigenvalue weighted by molar-refractivity contribution is 7.16. The zero-order chi connectivity index (χ0) is 32.5. The van der Waals surface area contributed by atoms with E-state index in [1.54, 1.807) is 4.90 Å². The molecule has 0 aromatic carbocycles. The lowest BCUT2D eigenvalue weighted by Gasteiger charge is -2.40. The Hall–Kier alpha value is -3.57. The third kappa shape index (κ3) is 6.99. The minimum atomic E-state index is -1.03. The number of aromatic nitrogens is 1. The molecule has 0 spiro atoms. The summed E-state index contributed by atoms with van der Waals surface area (Å²) in [5.74, 6) is 0.771. The number of pyridine rings is 1. The molecule has 4 heterocycles. The zero-order valence-electron chi connectivity index (χ0n) is 26.9. The number of aliphatic hydroxyl groups excluding tert-OH is 1. The number of fused-ring (bicyclic) bond motifs is 1. The molecule has 2 saturated heterocycles. The van der Waals surface area contributed by atoms with Gasteiger partial charge in [0.1, 0.15) is 34.9 Å². The number of ether oxygens (including phenoxy) is 1. The normalized spacial score (nSPS) is 22.0.